The van der Waals surface area contributed by atoms with E-state index in [-0.39, 0.29) is 5.69 Å². The normalized spacial score (nSPS) is 10.4. The lowest BCUT2D eigenvalue weighted by Crippen LogP contribution is -2.37. The summed E-state index contributed by atoms with van der Waals surface area (Å²) in [5.41, 5.74) is 5.83. The van der Waals surface area contributed by atoms with Crippen molar-refractivity contribution in [2.75, 3.05) is 6.61 Å². The largest absolute Gasteiger partial charge is 0.463 e. The summed E-state index contributed by atoms with van der Waals surface area (Å²) in [5, 5.41) is 6.49. The Morgan fingerprint density at radius 1 is 1.22 bits per heavy atom. The van der Waals surface area contributed by atoms with Crippen molar-refractivity contribution in [3.8, 4) is 17.1 Å². The first-order valence-corrected chi connectivity index (χ1v) is 7.98. The molecule has 0 saturated carbocycles. The van der Waals surface area contributed by atoms with E-state index in [4.69, 9.17) is 26.5 Å². The Kier molecular flexibility index (Phi) is 5.23. The number of nitrogens with two attached hydrogens (primary N) is 1. The summed E-state index contributed by atoms with van der Waals surface area (Å²) >= 11 is 6.03. The molecule has 0 saturated heterocycles. The Hall–Kier alpha value is -3.59. The maximum atomic E-state index is 12.2. The molecule has 0 aliphatic heterocycles. The molecule has 3 amide bonds. The Labute approximate surface area is 157 Å². The van der Waals surface area contributed by atoms with Crippen LogP contribution in [0.1, 0.15) is 10.5 Å². The average molecular weight is 389 g/mol. The predicted octanol–water partition coefficient (Wildman–Crippen LogP) is 2.14. The molecule has 0 aliphatic carbocycles. The number of amides is 3. The molecule has 10 heteroatoms. The van der Waals surface area contributed by atoms with Crippen LogP contribution in [0.25, 0.3) is 17.1 Å². The number of carbonyl (C=O) groups is 3. The molecule has 138 valence electrons. The Morgan fingerprint density at radius 2 is 2.04 bits per heavy atom. The molecule has 3 aromatic rings. The number of nitrogens with zero attached hydrogens (tertiary/aromatic N) is 2. The van der Waals surface area contributed by atoms with Gasteiger partial charge >= 0.3 is 12.0 Å². The third-order valence-electron chi connectivity index (χ3n) is 3.34. The number of esters is 1. The number of primary amides is 1. The second kappa shape index (κ2) is 7.75. The lowest BCUT2D eigenvalue weighted by Gasteiger charge is -2.05. The smallest absolute Gasteiger partial charge is 0.359 e. The lowest BCUT2D eigenvalue weighted by molar-refractivity contribution is -0.123. The zero-order valence-electron chi connectivity index (χ0n) is 13.7. The molecule has 2 aromatic heterocycles. The monoisotopic (exact) mass is 388 g/mol. The van der Waals surface area contributed by atoms with E-state index in [0.717, 1.165) is 0 Å². The first-order valence-electron chi connectivity index (χ1n) is 7.60. The number of aromatic nitrogens is 2. The standard InChI is InChI=1S/C17H13ClN4O5/c18-10-3-1-4-11(7-10)22-13(14-5-2-6-26-14)8-12(21-22)16(24)27-9-15(23)20-17(19)25/h1-8H,9H2,(H3,19,20,23,25). The maximum Gasteiger partial charge on any atom is 0.359 e. The number of hydrogen-bond donors (Lipinski definition) is 2. The Morgan fingerprint density at radius 3 is 2.70 bits per heavy atom. The fourth-order valence-electron chi connectivity index (χ4n) is 2.26. The highest BCUT2D eigenvalue weighted by molar-refractivity contribution is 6.30. The van der Waals surface area contributed by atoms with Crippen LogP contribution in [0.4, 0.5) is 4.79 Å². The summed E-state index contributed by atoms with van der Waals surface area (Å²) in [6, 6.07) is 10.7. The van der Waals surface area contributed by atoms with Gasteiger partial charge in [-0.3, -0.25) is 10.1 Å². The van der Waals surface area contributed by atoms with E-state index < -0.39 is 24.5 Å². The van der Waals surface area contributed by atoms with Gasteiger partial charge in [0.15, 0.2) is 18.1 Å². The van der Waals surface area contributed by atoms with Gasteiger partial charge in [0.2, 0.25) is 0 Å². The molecule has 0 spiro atoms. The number of rotatable bonds is 5. The molecule has 0 fully saturated rings. The van der Waals surface area contributed by atoms with Crippen LogP contribution in [0.2, 0.25) is 5.02 Å². The number of carbonyl (C=O) groups excluding carboxylic acids is 3. The number of urea groups is 1. The number of imide groups is 1. The van der Waals surface area contributed by atoms with E-state index in [2.05, 4.69) is 5.10 Å². The summed E-state index contributed by atoms with van der Waals surface area (Å²) in [5.74, 6) is -1.24. The molecular formula is C17H13ClN4O5. The minimum absolute atomic E-state index is 0.0618. The molecule has 0 radical (unpaired) electrons. The fourth-order valence-corrected chi connectivity index (χ4v) is 2.45. The van der Waals surface area contributed by atoms with Gasteiger partial charge in [-0.2, -0.15) is 5.10 Å². The summed E-state index contributed by atoms with van der Waals surface area (Å²) in [6.45, 7) is -0.679. The van der Waals surface area contributed by atoms with Crippen molar-refractivity contribution in [2.45, 2.75) is 0 Å². The van der Waals surface area contributed by atoms with Crippen LogP contribution in [0.3, 0.4) is 0 Å². The highest BCUT2D eigenvalue weighted by atomic mass is 35.5. The minimum Gasteiger partial charge on any atom is -0.463 e. The van der Waals surface area contributed by atoms with Crippen LogP contribution in [0.15, 0.2) is 53.1 Å². The van der Waals surface area contributed by atoms with Gasteiger partial charge in [-0.1, -0.05) is 17.7 Å². The SMILES string of the molecule is NC(=O)NC(=O)COC(=O)c1cc(-c2ccco2)n(-c2cccc(Cl)c2)n1. The van der Waals surface area contributed by atoms with Crippen LogP contribution < -0.4 is 11.1 Å². The van der Waals surface area contributed by atoms with Crippen LogP contribution >= 0.6 is 11.6 Å². The van der Waals surface area contributed by atoms with Crippen LogP contribution in [-0.4, -0.2) is 34.3 Å². The average Bonchev–Trinajstić information content (AvgIpc) is 3.28. The van der Waals surface area contributed by atoms with E-state index in [1.807, 2.05) is 0 Å². The molecule has 1 aromatic carbocycles. The molecular weight excluding hydrogens is 376 g/mol. The van der Waals surface area contributed by atoms with Crippen LogP contribution in [-0.2, 0) is 9.53 Å². The summed E-state index contributed by atoms with van der Waals surface area (Å²) < 4.78 is 11.7. The molecule has 0 bridgehead atoms. The van der Waals surface area contributed by atoms with E-state index >= 15 is 0 Å². The second-order valence-corrected chi connectivity index (χ2v) is 5.71. The molecule has 0 aliphatic rings. The predicted molar refractivity (Wildman–Crippen MR) is 94.3 cm³/mol. The van der Waals surface area contributed by atoms with Gasteiger partial charge in [-0.15, -0.1) is 0 Å². The van der Waals surface area contributed by atoms with E-state index in [1.165, 1.54) is 17.0 Å². The van der Waals surface area contributed by atoms with Crippen molar-refractivity contribution in [3.63, 3.8) is 0 Å². The van der Waals surface area contributed by atoms with Gasteiger partial charge in [0.1, 0.15) is 5.69 Å². The van der Waals surface area contributed by atoms with E-state index in [0.29, 0.717) is 22.2 Å². The minimum atomic E-state index is -1.04. The van der Waals surface area contributed by atoms with Crippen molar-refractivity contribution in [2.24, 2.45) is 5.73 Å². The zero-order valence-corrected chi connectivity index (χ0v) is 14.5. The lowest BCUT2D eigenvalue weighted by atomic mass is 10.2. The van der Waals surface area contributed by atoms with Crippen LogP contribution in [0.5, 0.6) is 0 Å². The summed E-state index contributed by atoms with van der Waals surface area (Å²) in [7, 11) is 0. The molecule has 2 heterocycles. The third-order valence-corrected chi connectivity index (χ3v) is 3.58. The molecule has 27 heavy (non-hydrogen) atoms. The first-order chi connectivity index (χ1) is 12.9. The Balaban J connectivity index is 1.89. The van der Waals surface area contributed by atoms with Gasteiger partial charge in [-0.05, 0) is 30.3 Å². The van der Waals surface area contributed by atoms with Gasteiger partial charge in [0, 0.05) is 11.1 Å². The zero-order chi connectivity index (χ0) is 19.4. The van der Waals surface area contributed by atoms with Crippen molar-refractivity contribution in [1.82, 2.24) is 15.1 Å². The summed E-state index contributed by atoms with van der Waals surface area (Å²) in [4.78, 5) is 34.2. The molecule has 0 atom stereocenters. The molecule has 3 rings (SSSR count). The first kappa shape index (κ1) is 18.2. The topological polar surface area (TPSA) is 129 Å². The van der Waals surface area contributed by atoms with Crippen molar-refractivity contribution < 1.29 is 23.5 Å². The van der Waals surface area contributed by atoms with Gasteiger partial charge < -0.3 is 14.9 Å². The van der Waals surface area contributed by atoms with Crippen molar-refractivity contribution in [3.05, 3.63) is 59.4 Å². The number of benzene rings is 1. The number of halogens is 1. The number of hydrogen-bond acceptors (Lipinski definition) is 6. The van der Waals surface area contributed by atoms with Gasteiger partial charge in [0.05, 0.1) is 12.0 Å². The molecule has 9 nitrogen and oxygen atoms in total. The Bertz CT molecular complexity index is 997. The quantitative estimate of drug-likeness (QED) is 0.644. The fraction of sp³-hybridized carbons (Fsp3) is 0.0588. The maximum absolute atomic E-state index is 12.2. The molecule has 3 N–H and O–H groups in total. The van der Waals surface area contributed by atoms with Crippen LogP contribution in [0, 0.1) is 0 Å². The highest BCUT2D eigenvalue weighted by Crippen LogP contribution is 2.26. The van der Waals surface area contributed by atoms with Crippen molar-refractivity contribution in [1.29, 1.82) is 0 Å². The van der Waals surface area contributed by atoms with E-state index in [9.17, 15) is 14.4 Å². The summed E-state index contributed by atoms with van der Waals surface area (Å²) in [6.07, 6.45) is 1.48. The van der Waals surface area contributed by atoms with E-state index in [1.54, 1.807) is 41.7 Å². The third kappa shape index (κ3) is 4.33. The van der Waals surface area contributed by atoms with Crippen molar-refractivity contribution >= 4 is 29.5 Å². The second-order valence-electron chi connectivity index (χ2n) is 5.27. The number of furan rings is 1. The molecule has 0 unspecified atom stereocenters. The number of ether oxygens (including phenoxy) is 1. The van der Waals surface area contributed by atoms with Gasteiger partial charge in [-0.25, -0.2) is 14.3 Å². The number of nitrogens with one attached hydrogen (secondary N) is 1. The highest BCUT2D eigenvalue weighted by Gasteiger charge is 2.20. The van der Waals surface area contributed by atoms with Gasteiger partial charge in [0.25, 0.3) is 5.91 Å².